The number of nitro groups is 1. The van der Waals surface area contributed by atoms with E-state index in [1.165, 1.54) is 18.2 Å². The second-order valence-electron chi connectivity index (χ2n) is 3.99. The molecule has 0 fully saturated rings. The Morgan fingerprint density at radius 2 is 2.21 bits per heavy atom. The van der Waals surface area contributed by atoms with E-state index in [1.807, 2.05) is 6.26 Å². The Balaban J connectivity index is 2.53. The number of benzene rings is 1. The second-order valence-corrected chi connectivity index (χ2v) is 4.97. The van der Waals surface area contributed by atoms with Crippen molar-refractivity contribution in [3.8, 4) is 0 Å². The minimum atomic E-state index is -0.570. The van der Waals surface area contributed by atoms with Gasteiger partial charge in [-0.1, -0.05) is 0 Å². The van der Waals surface area contributed by atoms with Crippen molar-refractivity contribution in [1.82, 2.24) is 5.32 Å². The van der Waals surface area contributed by atoms with E-state index in [9.17, 15) is 14.9 Å². The van der Waals surface area contributed by atoms with Crippen LogP contribution in [0.4, 0.5) is 11.4 Å². The van der Waals surface area contributed by atoms with Crippen LogP contribution in [0.1, 0.15) is 23.2 Å². The molecule has 0 aliphatic carbocycles. The van der Waals surface area contributed by atoms with E-state index in [-0.39, 0.29) is 17.3 Å². The molecule has 6 nitrogen and oxygen atoms in total. The van der Waals surface area contributed by atoms with E-state index in [2.05, 4.69) is 5.32 Å². The molecular formula is C12H17N3O3S. The molecule has 0 atom stereocenters. The van der Waals surface area contributed by atoms with E-state index in [4.69, 9.17) is 5.73 Å². The van der Waals surface area contributed by atoms with Crippen LogP contribution in [0.5, 0.6) is 0 Å². The summed E-state index contributed by atoms with van der Waals surface area (Å²) in [6.45, 7) is 0.594. The van der Waals surface area contributed by atoms with Crippen molar-refractivity contribution in [2.45, 2.75) is 12.8 Å². The van der Waals surface area contributed by atoms with Crippen molar-refractivity contribution >= 4 is 29.0 Å². The van der Waals surface area contributed by atoms with Crippen molar-refractivity contribution in [3.63, 3.8) is 0 Å². The van der Waals surface area contributed by atoms with Crippen LogP contribution in [-0.2, 0) is 0 Å². The average Bonchev–Trinajstić information content (AvgIpc) is 2.37. The highest BCUT2D eigenvalue weighted by Gasteiger charge is 2.14. The molecule has 0 bridgehead atoms. The highest BCUT2D eigenvalue weighted by atomic mass is 32.2. The molecule has 1 aromatic rings. The Morgan fingerprint density at radius 3 is 2.79 bits per heavy atom. The molecule has 0 aliphatic rings. The molecule has 0 saturated carbocycles. The predicted octanol–water partition coefficient (Wildman–Crippen LogP) is 2.05. The standard InChI is InChI=1S/C12H17N3O3S/c1-19-7-3-2-6-14-12(16)9-4-5-11(15(17)18)10(13)8-9/h4-5,8H,2-3,6-7,13H2,1H3,(H,14,16). The number of thioether (sulfide) groups is 1. The van der Waals surface area contributed by atoms with Gasteiger partial charge < -0.3 is 11.1 Å². The van der Waals surface area contributed by atoms with Gasteiger partial charge in [-0.15, -0.1) is 0 Å². The van der Waals surface area contributed by atoms with Crippen molar-refractivity contribution in [1.29, 1.82) is 0 Å². The molecule has 0 spiro atoms. The Morgan fingerprint density at radius 1 is 1.47 bits per heavy atom. The van der Waals surface area contributed by atoms with Gasteiger partial charge in [0.15, 0.2) is 0 Å². The molecule has 1 aromatic carbocycles. The maximum absolute atomic E-state index is 11.8. The molecule has 1 rings (SSSR count). The number of carbonyl (C=O) groups excluding carboxylic acids is 1. The topological polar surface area (TPSA) is 98.3 Å². The van der Waals surface area contributed by atoms with Gasteiger partial charge in [-0.05, 0) is 37.0 Å². The SMILES string of the molecule is CSCCCCNC(=O)c1ccc([N+](=O)[O-])c(N)c1. The van der Waals surface area contributed by atoms with Crippen LogP contribution in [0.25, 0.3) is 0 Å². The van der Waals surface area contributed by atoms with Crippen LogP contribution in [0.15, 0.2) is 18.2 Å². The summed E-state index contributed by atoms with van der Waals surface area (Å²) in [6, 6.07) is 3.99. The summed E-state index contributed by atoms with van der Waals surface area (Å²) in [5, 5.41) is 13.4. The van der Waals surface area contributed by atoms with Gasteiger partial charge in [0.2, 0.25) is 0 Å². The van der Waals surface area contributed by atoms with Gasteiger partial charge in [-0.25, -0.2) is 0 Å². The first kappa shape index (κ1) is 15.3. The van der Waals surface area contributed by atoms with Crippen LogP contribution in [-0.4, -0.2) is 29.4 Å². The third-order valence-corrected chi connectivity index (χ3v) is 3.24. The molecule has 0 radical (unpaired) electrons. The second kappa shape index (κ2) is 7.63. The lowest BCUT2D eigenvalue weighted by atomic mass is 10.1. The Hall–Kier alpha value is -1.76. The number of unbranched alkanes of at least 4 members (excludes halogenated alkanes) is 1. The Kier molecular flexibility index (Phi) is 6.14. The Labute approximate surface area is 115 Å². The molecule has 0 heterocycles. The summed E-state index contributed by atoms with van der Waals surface area (Å²) >= 11 is 1.77. The number of amides is 1. The first-order valence-corrected chi connectivity index (χ1v) is 7.26. The first-order chi connectivity index (χ1) is 9.06. The summed E-state index contributed by atoms with van der Waals surface area (Å²) in [5.41, 5.74) is 5.69. The minimum absolute atomic E-state index is 0.0000305. The zero-order valence-corrected chi connectivity index (χ0v) is 11.5. The number of nitrogen functional groups attached to an aromatic ring is 1. The van der Waals surface area contributed by atoms with Crippen molar-refractivity contribution < 1.29 is 9.72 Å². The van der Waals surface area contributed by atoms with Crippen LogP contribution < -0.4 is 11.1 Å². The van der Waals surface area contributed by atoms with E-state index in [0.29, 0.717) is 12.1 Å². The summed E-state index contributed by atoms with van der Waals surface area (Å²) in [7, 11) is 0. The molecular weight excluding hydrogens is 266 g/mol. The highest BCUT2D eigenvalue weighted by molar-refractivity contribution is 7.98. The maximum atomic E-state index is 11.8. The maximum Gasteiger partial charge on any atom is 0.292 e. The number of nitro benzene ring substituents is 1. The summed E-state index contributed by atoms with van der Waals surface area (Å²) < 4.78 is 0. The number of nitrogens with two attached hydrogens (primary N) is 1. The van der Waals surface area contributed by atoms with E-state index >= 15 is 0 Å². The average molecular weight is 283 g/mol. The predicted molar refractivity (Wildman–Crippen MR) is 77.5 cm³/mol. The molecule has 1 amide bonds. The summed E-state index contributed by atoms with van der Waals surface area (Å²) in [6.07, 6.45) is 4.00. The monoisotopic (exact) mass is 283 g/mol. The lowest BCUT2D eigenvalue weighted by Crippen LogP contribution is -2.24. The fourth-order valence-electron chi connectivity index (χ4n) is 1.54. The van der Waals surface area contributed by atoms with Gasteiger partial charge in [0.05, 0.1) is 4.92 Å². The minimum Gasteiger partial charge on any atom is -0.393 e. The van der Waals surface area contributed by atoms with Crippen molar-refractivity contribution in [2.24, 2.45) is 0 Å². The number of nitrogens with one attached hydrogen (secondary N) is 1. The number of carbonyl (C=O) groups is 1. The Bertz CT molecular complexity index is 466. The van der Waals surface area contributed by atoms with Gasteiger partial charge in [-0.3, -0.25) is 14.9 Å². The number of nitrogens with zero attached hydrogens (tertiary/aromatic N) is 1. The van der Waals surface area contributed by atoms with Gasteiger partial charge in [0.1, 0.15) is 5.69 Å². The van der Waals surface area contributed by atoms with Crippen molar-refractivity contribution in [2.75, 3.05) is 24.3 Å². The van der Waals surface area contributed by atoms with E-state index in [1.54, 1.807) is 11.8 Å². The van der Waals surface area contributed by atoms with E-state index in [0.717, 1.165) is 18.6 Å². The lowest BCUT2D eigenvalue weighted by molar-refractivity contribution is -0.383. The third-order valence-electron chi connectivity index (χ3n) is 2.55. The molecule has 3 N–H and O–H groups in total. The lowest BCUT2D eigenvalue weighted by Gasteiger charge is -2.05. The first-order valence-electron chi connectivity index (χ1n) is 5.87. The molecule has 7 heteroatoms. The number of hydrogen-bond donors (Lipinski definition) is 2. The number of hydrogen-bond acceptors (Lipinski definition) is 5. The van der Waals surface area contributed by atoms with Gasteiger partial charge in [0, 0.05) is 18.2 Å². The van der Waals surface area contributed by atoms with Crippen molar-refractivity contribution in [3.05, 3.63) is 33.9 Å². The van der Waals surface area contributed by atoms with Gasteiger partial charge in [0.25, 0.3) is 11.6 Å². The zero-order valence-electron chi connectivity index (χ0n) is 10.7. The highest BCUT2D eigenvalue weighted by Crippen LogP contribution is 2.21. The quantitative estimate of drug-likeness (QED) is 0.345. The molecule has 0 aromatic heterocycles. The van der Waals surface area contributed by atoms with Gasteiger partial charge in [-0.2, -0.15) is 11.8 Å². The van der Waals surface area contributed by atoms with Gasteiger partial charge >= 0.3 is 0 Å². The molecule has 0 aliphatic heterocycles. The molecule has 0 unspecified atom stereocenters. The van der Waals surface area contributed by atoms with Crippen LogP contribution in [0.3, 0.4) is 0 Å². The van der Waals surface area contributed by atoms with Crippen LogP contribution >= 0.6 is 11.8 Å². The number of anilines is 1. The molecule has 19 heavy (non-hydrogen) atoms. The largest absolute Gasteiger partial charge is 0.393 e. The summed E-state index contributed by atoms with van der Waals surface area (Å²) in [4.78, 5) is 21.8. The normalized spacial score (nSPS) is 10.2. The summed E-state index contributed by atoms with van der Waals surface area (Å²) in [5.74, 6) is 0.811. The zero-order chi connectivity index (χ0) is 14.3. The number of rotatable bonds is 7. The third kappa shape index (κ3) is 4.78. The fourth-order valence-corrected chi connectivity index (χ4v) is 2.03. The van der Waals surface area contributed by atoms with E-state index < -0.39 is 4.92 Å². The molecule has 0 saturated heterocycles. The smallest absolute Gasteiger partial charge is 0.292 e. The van der Waals surface area contributed by atoms with Crippen LogP contribution in [0, 0.1) is 10.1 Å². The molecule has 104 valence electrons. The van der Waals surface area contributed by atoms with Crippen LogP contribution in [0.2, 0.25) is 0 Å². The fraction of sp³-hybridized carbons (Fsp3) is 0.417.